The van der Waals surface area contributed by atoms with Crippen molar-refractivity contribution < 1.29 is 31.6 Å². The summed E-state index contributed by atoms with van der Waals surface area (Å²) in [6.07, 6.45) is -2.97. The monoisotopic (exact) mass is 504 g/mol. The number of piperazine rings is 1. The molecule has 1 unspecified atom stereocenters. The van der Waals surface area contributed by atoms with E-state index >= 15 is 0 Å². The van der Waals surface area contributed by atoms with Crippen molar-refractivity contribution in [2.75, 3.05) is 42.9 Å². The Labute approximate surface area is 204 Å². The molecule has 1 aromatic heterocycles. The molecule has 0 bridgehead atoms. The van der Waals surface area contributed by atoms with E-state index in [0.29, 0.717) is 31.9 Å². The summed E-state index contributed by atoms with van der Waals surface area (Å²) >= 11 is 0. The Morgan fingerprint density at radius 2 is 1.58 bits per heavy atom. The van der Waals surface area contributed by atoms with Crippen LogP contribution in [0.25, 0.3) is 0 Å². The number of amides is 2. The maximum Gasteiger partial charge on any atom is 0.416 e. The second kappa shape index (κ2) is 10.8. The lowest BCUT2D eigenvalue weighted by atomic mass is 10.1. The summed E-state index contributed by atoms with van der Waals surface area (Å²) in [7, 11) is 0. The fourth-order valence-electron chi connectivity index (χ4n) is 4.03. The van der Waals surface area contributed by atoms with E-state index in [1.807, 2.05) is 0 Å². The first-order valence-corrected chi connectivity index (χ1v) is 11.2. The van der Waals surface area contributed by atoms with Gasteiger partial charge in [-0.2, -0.15) is 13.2 Å². The van der Waals surface area contributed by atoms with Gasteiger partial charge in [-0.15, -0.1) is 0 Å². The quantitative estimate of drug-likeness (QED) is 0.391. The number of nitrogens with one attached hydrogen (secondary N) is 2. The van der Waals surface area contributed by atoms with Crippen LogP contribution in [-0.2, 0) is 15.8 Å². The average Bonchev–Trinajstić information content (AvgIpc) is 3.39. The maximum absolute atomic E-state index is 13.2. The van der Waals surface area contributed by atoms with Gasteiger partial charge in [0.15, 0.2) is 0 Å². The number of nitrogens with zero attached hydrogens (tertiary/aromatic N) is 2. The van der Waals surface area contributed by atoms with Gasteiger partial charge in [0.1, 0.15) is 11.6 Å². The summed E-state index contributed by atoms with van der Waals surface area (Å²) in [4.78, 5) is 28.9. The first kappa shape index (κ1) is 25.2. The Morgan fingerprint density at radius 1 is 0.917 bits per heavy atom. The predicted octanol–water partition coefficient (Wildman–Crippen LogP) is 4.06. The highest BCUT2D eigenvalue weighted by atomic mass is 19.4. The van der Waals surface area contributed by atoms with Crippen LogP contribution in [0.1, 0.15) is 17.4 Å². The maximum atomic E-state index is 13.2. The highest BCUT2D eigenvalue weighted by molar-refractivity contribution is 6.39. The summed E-state index contributed by atoms with van der Waals surface area (Å²) in [5, 5.41) is 4.88. The smallest absolute Gasteiger partial charge is 0.416 e. The van der Waals surface area contributed by atoms with E-state index in [9.17, 15) is 27.2 Å². The van der Waals surface area contributed by atoms with Crippen LogP contribution in [0.15, 0.2) is 71.3 Å². The number of halogens is 4. The van der Waals surface area contributed by atoms with Crippen LogP contribution in [0.4, 0.5) is 28.9 Å². The van der Waals surface area contributed by atoms with Crippen molar-refractivity contribution in [2.24, 2.45) is 0 Å². The van der Waals surface area contributed by atoms with Gasteiger partial charge in [0, 0.05) is 44.1 Å². The zero-order chi connectivity index (χ0) is 25.7. The third-order valence-electron chi connectivity index (χ3n) is 5.95. The van der Waals surface area contributed by atoms with Crippen molar-refractivity contribution in [3.63, 3.8) is 0 Å². The molecule has 3 aromatic rings. The van der Waals surface area contributed by atoms with Crippen molar-refractivity contribution in [1.29, 1.82) is 0 Å². The zero-order valence-electron chi connectivity index (χ0n) is 19.1. The molecule has 2 aromatic carbocycles. The summed E-state index contributed by atoms with van der Waals surface area (Å²) in [5.74, 6) is -1.59. The highest BCUT2D eigenvalue weighted by Crippen LogP contribution is 2.30. The first-order valence-electron chi connectivity index (χ1n) is 11.2. The van der Waals surface area contributed by atoms with E-state index in [2.05, 4.69) is 20.4 Å². The summed E-state index contributed by atoms with van der Waals surface area (Å²) < 4.78 is 56.9. The molecule has 0 aliphatic carbocycles. The van der Waals surface area contributed by atoms with Crippen LogP contribution in [-0.4, -0.2) is 49.4 Å². The van der Waals surface area contributed by atoms with Gasteiger partial charge in [-0.3, -0.25) is 14.5 Å². The molecule has 2 amide bonds. The van der Waals surface area contributed by atoms with E-state index in [1.165, 1.54) is 18.4 Å². The molecular formula is C25H24F4N4O3. The molecule has 4 rings (SSSR count). The van der Waals surface area contributed by atoms with Gasteiger partial charge in [-0.1, -0.05) is 0 Å². The molecule has 0 spiro atoms. The fraction of sp³-hybridized carbons (Fsp3) is 0.280. The summed E-state index contributed by atoms with van der Waals surface area (Å²) in [6.45, 7) is 2.70. The van der Waals surface area contributed by atoms with Crippen LogP contribution < -0.4 is 15.5 Å². The van der Waals surface area contributed by atoms with Gasteiger partial charge < -0.3 is 20.0 Å². The van der Waals surface area contributed by atoms with Crippen molar-refractivity contribution in [1.82, 2.24) is 10.2 Å². The number of benzene rings is 2. The summed E-state index contributed by atoms with van der Waals surface area (Å²) in [6, 6.07) is 13.3. The van der Waals surface area contributed by atoms with Crippen LogP contribution >= 0.6 is 0 Å². The molecule has 1 fully saturated rings. The lowest BCUT2D eigenvalue weighted by molar-refractivity contribution is -0.137. The molecule has 11 heteroatoms. The third kappa shape index (κ3) is 6.22. The highest BCUT2D eigenvalue weighted by Gasteiger charge is 2.30. The Morgan fingerprint density at radius 3 is 2.17 bits per heavy atom. The molecule has 1 aliphatic heterocycles. The van der Waals surface area contributed by atoms with Crippen molar-refractivity contribution >= 4 is 23.2 Å². The minimum atomic E-state index is -4.49. The van der Waals surface area contributed by atoms with E-state index in [4.69, 9.17) is 4.42 Å². The minimum absolute atomic E-state index is 0.0719. The first-order chi connectivity index (χ1) is 17.2. The lowest BCUT2D eigenvalue weighted by Gasteiger charge is -2.39. The van der Waals surface area contributed by atoms with E-state index in [0.717, 1.165) is 30.0 Å². The number of carbonyl (C=O) groups excluding carboxylic acids is 2. The number of alkyl halides is 3. The average molecular weight is 504 g/mol. The largest absolute Gasteiger partial charge is 0.468 e. The topological polar surface area (TPSA) is 77.8 Å². The third-order valence-corrected chi connectivity index (χ3v) is 5.95. The Bertz CT molecular complexity index is 1160. The number of hydrogen-bond acceptors (Lipinski definition) is 5. The van der Waals surface area contributed by atoms with Crippen molar-refractivity contribution in [3.05, 3.63) is 84.1 Å². The molecule has 0 radical (unpaired) electrons. The second-order valence-corrected chi connectivity index (χ2v) is 8.27. The molecule has 1 saturated heterocycles. The molecule has 7 nitrogen and oxygen atoms in total. The van der Waals surface area contributed by atoms with Crippen LogP contribution in [0, 0.1) is 5.82 Å². The molecule has 0 saturated carbocycles. The van der Waals surface area contributed by atoms with Gasteiger partial charge in [-0.05, 0) is 60.7 Å². The molecular weight excluding hydrogens is 480 g/mol. The Balaban J connectivity index is 1.34. The van der Waals surface area contributed by atoms with Gasteiger partial charge in [0.2, 0.25) is 0 Å². The fourth-order valence-corrected chi connectivity index (χ4v) is 4.03. The Hall–Kier alpha value is -3.86. The standard InChI is InChI=1S/C25H24F4N4O3/c26-18-5-9-20(10-6-18)32-11-13-33(14-12-32)21(22-2-1-15-36-22)16-30-23(34)24(35)31-19-7-3-17(4-8-19)25(27,28)29/h1-10,15,21H,11-14,16H2,(H,30,34)(H,31,35). The van der Waals surface area contributed by atoms with E-state index in [-0.39, 0.29) is 24.1 Å². The van der Waals surface area contributed by atoms with Gasteiger partial charge in [0.05, 0.1) is 17.9 Å². The lowest BCUT2D eigenvalue weighted by Crippen LogP contribution is -2.50. The van der Waals surface area contributed by atoms with Crippen LogP contribution in [0.5, 0.6) is 0 Å². The molecule has 2 N–H and O–H groups in total. The molecule has 36 heavy (non-hydrogen) atoms. The minimum Gasteiger partial charge on any atom is -0.468 e. The molecule has 2 heterocycles. The normalized spacial score (nSPS) is 15.4. The zero-order valence-corrected chi connectivity index (χ0v) is 19.1. The number of anilines is 2. The van der Waals surface area contributed by atoms with Gasteiger partial charge >= 0.3 is 18.0 Å². The predicted molar refractivity (Wildman–Crippen MR) is 125 cm³/mol. The number of hydrogen-bond donors (Lipinski definition) is 2. The van der Waals surface area contributed by atoms with E-state index in [1.54, 1.807) is 24.3 Å². The molecule has 190 valence electrons. The SMILES string of the molecule is O=C(NCC(c1ccco1)N1CCN(c2ccc(F)cc2)CC1)C(=O)Nc1ccc(C(F)(F)F)cc1. The van der Waals surface area contributed by atoms with E-state index < -0.39 is 23.6 Å². The molecule has 1 aliphatic rings. The van der Waals surface area contributed by atoms with Crippen LogP contribution in [0.3, 0.4) is 0 Å². The van der Waals surface area contributed by atoms with Crippen LogP contribution in [0.2, 0.25) is 0 Å². The Kier molecular flexibility index (Phi) is 7.58. The van der Waals surface area contributed by atoms with Crippen molar-refractivity contribution in [3.8, 4) is 0 Å². The summed E-state index contributed by atoms with van der Waals surface area (Å²) in [5.41, 5.74) is 0.132. The van der Waals surface area contributed by atoms with Gasteiger partial charge in [0.25, 0.3) is 0 Å². The number of rotatable bonds is 6. The van der Waals surface area contributed by atoms with Crippen molar-refractivity contribution in [2.45, 2.75) is 12.2 Å². The number of carbonyl (C=O) groups is 2. The number of furan rings is 1. The van der Waals surface area contributed by atoms with Gasteiger partial charge in [-0.25, -0.2) is 4.39 Å². The second-order valence-electron chi connectivity index (χ2n) is 8.27. The molecule has 1 atom stereocenters.